The van der Waals surface area contributed by atoms with Gasteiger partial charge in [-0.1, -0.05) is 109 Å². The Morgan fingerprint density at radius 2 is 0.795 bits per heavy atom. The van der Waals surface area contributed by atoms with Crippen molar-refractivity contribution in [3.8, 4) is 44.5 Å². The lowest BCUT2D eigenvalue weighted by Crippen LogP contribution is -1.86. The Morgan fingerprint density at radius 1 is 0.359 bits per heavy atom. The van der Waals surface area contributed by atoms with Gasteiger partial charge in [-0.3, -0.25) is 4.98 Å². The quantitative estimate of drug-likeness (QED) is 0.181. The molecule has 184 valence electrons. The topological polar surface area (TPSA) is 12.9 Å². The standard InChI is InChI=1S/C37H24IN/c38-36-19-17-27(18-20-36)26-5-7-29(8-6-26)33-15-16-34-22-35(24-39-37(34)23-33)30-11-9-28(10-12-30)32-14-13-25-3-1-2-4-31(25)21-32/h1-24H. The molecule has 0 saturated carbocycles. The lowest BCUT2D eigenvalue weighted by Gasteiger charge is -2.09. The zero-order valence-corrected chi connectivity index (χ0v) is 23.3. The first kappa shape index (κ1) is 23.8. The van der Waals surface area contributed by atoms with Gasteiger partial charge in [-0.2, -0.15) is 0 Å². The fourth-order valence-corrected chi connectivity index (χ4v) is 5.54. The molecule has 0 aliphatic rings. The Bertz CT molecular complexity index is 1940. The fraction of sp³-hybridized carbons (Fsp3) is 0. The molecule has 0 radical (unpaired) electrons. The predicted octanol–water partition coefficient (Wildman–Crippen LogP) is 10.7. The highest BCUT2D eigenvalue weighted by Crippen LogP contribution is 2.31. The van der Waals surface area contributed by atoms with E-state index in [1.165, 1.54) is 53.3 Å². The molecule has 7 rings (SSSR count). The first-order chi connectivity index (χ1) is 19.2. The van der Waals surface area contributed by atoms with Gasteiger partial charge in [-0.25, -0.2) is 0 Å². The van der Waals surface area contributed by atoms with E-state index in [1.54, 1.807) is 0 Å². The van der Waals surface area contributed by atoms with Gasteiger partial charge in [0.15, 0.2) is 0 Å². The summed E-state index contributed by atoms with van der Waals surface area (Å²) in [5, 5.41) is 3.67. The zero-order valence-electron chi connectivity index (χ0n) is 21.2. The maximum Gasteiger partial charge on any atom is 0.0708 e. The van der Waals surface area contributed by atoms with E-state index >= 15 is 0 Å². The molecule has 0 bridgehead atoms. The fourth-order valence-electron chi connectivity index (χ4n) is 5.18. The molecule has 0 fully saturated rings. The molecule has 1 aromatic heterocycles. The van der Waals surface area contributed by atoms with E-state index in [9.17, 15) is 0 Å². The minimum atomic E-state index is 1.01. The highest BCUT2D eigenvalue weighted by molar-refractivity contribution is 14.1. The van der Waals surface area contributed by atoms with Gasteiger partial charge in [-0.15, -0.1) is 0 Å². The SMILES string of the molecule is Ic1ccc(-c2ccc(-c3ccc4cc(-c5ccc(-c6ccc7ccccc7c6)cc5)cnc4c3)cc2)cc1. The molecule has 1 nitrogen and oxygen atoms in total. The van der Waals surface area contributed by atoms with Crippen LogP contribution in [0.15, 0.2) is 146 Å². The molecule has 0 spiro atoms. The number of pyridine rings is 1. The van der Waals surface area contributed by atoms with Crippen LogP contribution < -0.4 is 0 Å². The second-order valence-corrected chi connectivity index (χ2v) is 11.1. The maximum absolute atomic E-state index is 4.83. The van der Waals surface area contributed by atoms with Crippen LogP contribution in [0.3, 0.4) is 0 Å². The van der Waals surface area contributed by atoms with Gasteiger partial charge in [0.1, 0.15) is 0 Å². The normalized spacial score (nSPS) is 11.2. The molecule has 1 heterocycles. The van der Waals surface area contributed by atoms with Gasteiger partial charge in [0.2, 0.25) is 0 Å². The van der Waals surface area contributed by atoms with E-state index in [0.717, 1.165) is 16.5 Å². The van der Waals surface area contributed by atoms with Crippen molar-refractivity contribution in [1.29, 1.82) is 0 Å². The monoisotopic (exact) mass is 609 g/mol. The smallest absolute Gasteiger partial charge is 0.0708 e. The van der Waals surface area contributed by atoms with Crippen LogP contribution >= 0.6 is 22.6 Å². The molecule has 6 aromatic carbocycles. The summed E-state index contributed by atoms with van der Waals surface area (Å²) >= 11 is 2.34. The van der Waals surface area contributed by atoms with E-state index < -0.39 is 0 Å². The number of benzene rings is 6. The second-order valence-electron chi connectivity index (χ2n) is 9.85. The molecule has 7 aromatic rings. The number of halogens is 1. The van der Waals surface area contributed by atoms with Crippen molar-refractivity contribution in [2.75, 3.05) is 0 Å². The first-order valence-corrected chi connectivity index (χ1v) is 14.1. The average molecular weight is 610 g/mol. The Morgan fingerprint density at radius 3 is 1.44 bits per heavy atom. The molecule has 0 N–H and O–H groups in total. The molecule has 0 aliphatic carbocycles. The summed E-state index contributed by atoms with van der Waals surface area (Å²) in [6, 6.07) is 50.1. The van der Waals surface area contributed by atoms with Crippen LogP contribution in [-0.2, 0) is 0 Å². The van der Waals surface area contributed by atoms with Crippen LogP contribution in [0.2, 0.25) is 0 Å². The molecule has 39 heavy (non-hydrogen) atoms. The minimum Gasteiger partial charge on any atom is -0.256 e. The Balaban J connectivity index is 1.13. The van der Waals surface area contributed by atoms with Gasteiger partial charge >= 0.3 is 0 Å². The molecule has 0 amide bonds. The number of hydrogen-bond acceptors (Lipinski definition) is 1. The van der Waals surface area contributed by atoms with Crippen molar-refractivity contribution in [2.24, 2.45) is 0 Å². The second kappa shape index (κ2) is 10.1. The summed E-state index contributed by atoms with van der Waals surface area (Å²) in [5.74, 6) is 0. The molecular formula is C37H24IN. The van der Waals surface area contributed by atoms with E-state index in [-0.39, 0.29) is 0 Å². The van der Waals surface area contributed by atoms with E-state index in [4.69, 9.17) is 4.98 Å². The molecule has 0 aliphatic heterocycles. The van der Waals surface area contributed by atoms with Crippen molar-refractivity contribution in [3.63, 3.8) is 0 Å². The van der Waals surface area contributed by atoms with Gasteiger partial charge in [0, 0.05) is 20.7 Å². The van der Waals surface area contributed by atoms with Crippen LogP contribution in [0.4, 0.5) is 0 Å². The van der Waals surface area contributed by atoms with E-state index in [0.29, 0.717) is 0 Å². The summed E-state index contributed by atoms with van der Waals surface area (Å²) in [6.45, 7) is 0. The van der Waals surface area contributed by atoms with Crippen LogP contribution in [-0.4, -0.2) is 4.98 Å². The number of fused-ring (bicyclic) bond motifs is 2. The molecular weight excluding hydrogens is 585 g/mol. The molecule has 0 unspecified atom stereocenters. The zero-order chi connectivity index (χ0) is 26.2. The van der Waals surface area contributed by atoms with E-state index in [1.807, 2.05) is 6.20 Å². The van der Waals surface area contributed by atoms with Gasteiger partial charge in [0.05, 0.1) is 5.52 Å². The summed E-state index contributed by atoms with van der Waals surface area (Å²) in [7, 11) is 0. The van der Waals surface area contributed by atoms with Crippen molar-refractivity contribution in [2.45, 2.75) is 0 Å². The minimum absolute atomic E-state index is 1.01. The van der Waals surface area contributed by atoms with Crippen LogP contribution in [0.5, 0.6) is 0 Å². The summed E-state index contributed by atoms with van der Waals surface area (Å²) in [4.78, 5) is 4.83. The number of aromatic nitrogens is 1. The average Bonchev–Trinajstić information content (AvgIpc) is 3.01. The Labute approximate surface area is 242 Å². The molecule has 0 saturated heterocycles. The summed E-state index contributed by atoms with van der Waals surface area (Å²) < 4.78 is 1.25. The summed E-state index contributed by atoms with van der Waals surface area (Å²) in [5.41, 5.74) is 10.6. The largest absolute Gasteiger partial charge is 0.256 e. The van der Waals surface area contributed by atoms with Crippen LogP contribution in [0.25, 0.3) is 66.2 Å². The van der Waals surface area contributed by atoms with Gasteiger partial charge < -0.3 is 0 Å². The van der Waals surface area contributed by atoms with Gasteiger partial charge in [-0.05, 0) is 103 Å². The van der Waals surface area contributed by atoms with Crippen LogP contribution in [0, 0.1) is 3.57 Å². The molecule has 0 atom stereocenters. The summed E-state index contributed by atoms with van der Waals surface area (Å²) in [6.07, 6.45) is 1.98. The van der Waals surface area contributed by atoms with Crippen molar-refractivity contribution in [3.05, 3.63) is 149 Å². The number of hydrogen-bond donors (Lipinski definition) is 0. The third-order valence-corrected chi connectivity index (χ3v) is 8.10. The van der Waals surface area contributed by atoms with Crippen molar-refractivity contribution >= 4 is 44.3 Å². The molecule has 2 heteroatoms. The Hall–Kier alpha value is -4.28. The maximum atomic E-state index is 4.83. The lowest BCUT2D eigenvalue weighted by atomic mass is 9.97. The number of rotatable bonds is 4. The highest BCUT2D eigenvalue weighted by atomic mass is 127. The van der Waals surface area contributed by atoms with Crippen molar-refractivity contribution < 1.29 is 0 Å². The van der Waals surface area contributed by atoms with E-state index in [2.05, 4.69) is 162 Å². The third kappa shape index (κ3) is 4.84. The van der Waals surface area contributed by atoms with Crippen molar-refractivity contribution in [1.82, 2.24) is 4.98 Å². The Kier molecular flexibility index (Phi) is 6.18. The highest BCUT2D eigenvalue weighted by Gasteiger charge is 2.06. The first-order valence-electron chi connectivity index (χ1n) is 13.1. The lowest BCUT2D eigenvalue weighted by molar-refractivity contribution is 1.41. The predicted molar refractivity (Wildman–Crippen MR) is 174 cm³/mol. The van der Waals surface area contributed by atoms with Crippen LogP contribution in [0.1, 0.15) is 0 Å². The third-order valence-electron chi connectivity index (χ3n) is 7.38. The number of nitrogens with zero attached hydrogens (tertiary/aromatic N) is 1. The van der Waals surface area contributed by atoms with Gasteiger partial charge in [0.25, 0.3) is 0 Å².